The fourth-order valence-electron chi connectivity index (χ4n) is 6.96. The number of piperidine rings is 1. The maximum atomic E-state index is 6.41. The molecule has 0 spiro atoms. The van der Waals surface area contributed by atoms with Crippen LogP contribution in [0.15, 0.2) is 66.0 Å². The van der Waals surface area contributed by atoms with Crippen molar-refractivity contribution in [3.05, 3.63) is 72.1 Å². The summed E-state index contributed by atoms with van der Waals surface area (Å²) < 4.78 is 8.04. The second-order valence-electron chi connectivity index (χ2n) is 12.0. The van der Waals surface area contributed by atoms with E-state index in [4.69, 9.17) is 15.6 Å². The summed E-state index contributed by atoms with van der Waals surface area (Å²) in [7, 11) is 0. The van der Waals surface area contributed by atoms with Crippen molar-refractivity contribution in [2.24, 2.45) is 11.0 Å². The van der Waals surface area contributed by atoms with Gasteiger partial charge in [0.1, 0.15) is 34.3 Å². The Kier molecular flexibility index (Phi) is 7.96. The Morgan fingerprint density at radius 2 is 1.57 bits per heavy atom. The van der Waals surface area contributed by atoms with Gasteiger partial charge in [-0.3, -0.25) is 4.90 Å². The molecule has 1 aromatic heterocycles. The molecular weight excluding hydrogens is 524 g/mol. The van der Waals surface area contributed by atoms with Crippen LogP contribution in [0.3, 0.4) is 0 Å². The summed E-state index contributed by atoms with van der Waals surface area (Å²) in [6.07, 6.45) is 8.56. The lowest BCUT2D eigenvalue weighted by Gasteiger charge is -2.42. The van der Waals surface area contributed by atoms with Gasteiger partial charge in [0.05, 0.1) is 0 Å². The van der Waals surface area contributed by atoms with Crippen LogP contribution in [-0.2, 0) is 0 Å². The third kappa shape index (κ3) is 5.82. The number of para-hydroxylation sites is 1. The zero-order valence-electron chi connectivity index (χ0n) is 24.3. The Labute approximate surface area is 248 Å². The maximum Gasteiger partial charge on any atom is 0.363 e. The first kappa shape index (κ1) is 27.2. The second kappa shape index (κ2) is 12.3. The zero-order chi connectivity index (χ0) is 28.3. The number of nitrogens with zero attached hydrogens (tertiary/aromatic N) is 6. The number of anilines is 1. The van der Waals surface area contributed by atoms with E-state index in [2.05, 4.69) is 25.1 Å². The van der Waals surface area contributed by atoms with Crippen LogP contribution in [0.25, 0.3) is 0 Å². The van der Waals surface area contributed by atoms with Crippen molar-refractivity contribution in [1.82, 2.24) is 25.1 Å². The van der Waals surface area contributed by atoms with Crippen molar-refractivity contribution in [3.63, 3.8) is 0 Å². The molecule has 2 aromatic carbocycles. The molecule has 0 bridgehead atoms. The summed E-state index contributed by atoms with van der Waals surface area (Å²) >= 11 is 0. The lowest BCUT2D eigenvalue weighted by atomic mass is 9.91. The number of hydrogen-bond acceptors (Lipinski definition) is 8. The van der Waals surface area contributed by atoms with Gasteiger partial charge in [-0.2, -0.15) is 4.98 Å². The van der Waals surface area contributed by atoms with Gasteiger partial charge >= 0.3 is 5.82 Å². The van der Waals surface area contributed by atoms with E-state index in [1.165, 1.54) is 64.4 Å². The lowest BCUT2D eigenvalue weighted by molar-refractivity contribution is -0.448. The van der Waals surface area contributed by atoms with Gasteiger partial charge in [0.2, 0.25) is 6.33 Å². The first-order chi connectivity index (χ1) is 20.7. The van der Waals surface area contributed by atoms with E-state index >= 15 is 0 Å². The number of ether oxygens (including phenoxy) is 1. The molecule has 42 heavy (non-hydrogen) atoms. The van der Waals surface area contributed by atoms with E-state index in [1.807, 2.05) is 59.3 Å². The summed E-state index contributed by atoms with van der Waals surface area (Å²) in [5, 5.41) is 8.59. The van der Waals surface area contributed by atoms with Gasteiger partial charge in [-0.05, 0) is 86.1 Å². The Hall–Kier alpha value is -3.66. The first-order valence-electron chi connectivity index (χ1n) is 15.6. The number of piperazine rings is 1. The lowest BCUT2D eigenvalue weighted by Crippen LogP contribution is -2.52. The van der Waals surface area contributed by atoms with Crippen molar-refractivity contribution in [2.45, 2.75) is 44.6 Å². The molecule has 4 aliphatic rings. The minimum Gasteiger partial charge on any atom is -0.457 e. The number of fused-ring (bicyclic) bond motifs is 1. The number of nitrogen functional groups attached to an aromatic ring is 1. The molecule has 3 N–H and O–H groups in total. The number of hydrazone groups is 1. The van der Waals surface area contributed by atoms with Gasteiger partial charge in [-0.1, -0.05) is 23.3 Å². The Morgan fingerprint density at radius 3 is 2.31 bits per heavy atom. The third-order valence-electron chi connectivity index (χ3n) is 9.33. The molecule has 4 heterocycles. The van der Waals surface area contributed by atoms with Gasteiger partial charge in [0, 0.05) is 57.2 Å². The number of nitrogens with two attached hydrogens (primary N) is 1. The molecular formula is C33H41N8O+. The van der Waals surface area contributed by atoms with E-state index in [-0.39, 0.29) is 0 Å². The molecule has 0 radical (unpaired) electrons. The van der Waals surface area contributed by atoms with Crippen LogP contribution in [0.5, 0.6) is 11.5 Å². The van der Waals surface area contributed by atoms with Crippen molar-refractivity contribution in [2.75, 3.05) is 51.5 Å². The molecule has 1 saturated carbocycles. The zero-order valence-corrected chi connectivity index (χ0v) is 24.3. The SMILES string of the molecule is Nc1ncnc2c1C(c1ccc(Oc3ccccc3)cc1)=N[N+]2=C1CCC(N2CCN(CC3CCNCC3)CC2)CC1. The van der Waals surface area contributed by atoms with E-state index < -0.39 is 0 Å². The molecule has 9 heteroatoms. The number of rotatable bonds is 6. The maximum absolute atomic E-state index is 6.41. The van der Waals surface area contributed by atoms with Crippen molar-refractivity contribution in [1.29, 1.82) is 0 Å². The summed E-state index contributed by atoms with van der Waals surface area (Å²) in [5.74, 6) is 3.71. The Bertz CT molecular complexity index is 1430. The summed E-state index contributed by atoms with van der Waals surface area (Å²) in [6.45, 7) is 8.44. The van der Waals surface area contributed by atoms with Crippen LogP contribution in [0.1, 0.15) is 49.7 Å². The van der Waals surface area contributed by atoms with Gasteiger partial charge in [0.15, 0.2) is 0 Å². The molecule has 3 aromatic rings. The molecule has 9 nitrogen and oxygen atoms in total. The van der Waals surface area contributed by atoms with Crippen LogP contribution in [0.4, 0.5) is 11.6 Å². The average Bonchev–Trinajstić information content (AvgIpc) is 3.44. The number of aromatic nitrogens is 2. The van der Waals surface area contributed by atoms with Crippen molar-refractivity contribution >= 4 is 23.1 Å². The molecule has 2 saturated heterocycles. The molecule has 3 aliphatic heterocycles. The van der Waals surface area contributed by atoms with Crippen LogP contribution in [0.2, 0.25) is 0 Å². The molecule has 0 atom stereocenters. The third-order valence-corrected chi connectivity index (χ3v) is 9.33. The minimum absolute atomic E-state index is 0.461. The molecule has 1 aliphatic carbocycles. The summed E-state index contributed by atoms with van der Waals surface area (Å²) in [4.78, 5) is 14.4. The number of nitrogens with one attached hydrogen (secondary N) is 1. The van der Waals surface area contributed by atoms with Crippen molar-refractivity contribution in [3.8, 4) is 11.5 Å². The molecule has 0 amide bonds. The van der Waals surface area contributed by atoms with Crippen LogP contribution >= 0.6 is 0 Å². The summed E-state index contributed by atoms with van der Waals surface area (Å²) in [6, 6.07) is 18.5. The highest BCUT2D eigenvalue weighted by molar-refractivity contribution is 6.18. The smallest absolute Gasteiger partial charge is 0.363 e. The Morgan fingerprint density at radius 1 is 0.857 bits per heavy atom. The Balaban J connectivity index is 1.03. The largest absolute Gasteiger partial charge is 0.457 e. The van der Waals surface area contributed by atoms with Gasteiger partial charge in [-0.15, -0.1) is 4.68 Å². The fourth-order valence-corrected chi connectivity index (χ4v) is 6.96. The van der Waals surface area contributed by atoms with E-state index in [0.29, 0.717) is 11.9 Å². The molecule has 7 rings (SSSR count). The predicted molar refractivity (Wildman–Crippen MR) is 166 cm³/mol. The highest BCUT2D eigenvalue weighted by Crippen LogP contribution is 2.34. The predicted octanol–water partition coefficient (Wildman–Crippen LogP) is 4.26. The highest BCUT2D eigenvalue weighted by atomic mass is 16.5. The van der Waals surface area contributed by atoms with Crippen LogP contribution in [-0.4, -0.2) is 87.7 Å². The van der Waals surface area contributed by atoms with E-state index in [0.717, 1.165) is 65.8 Å². The quantitative estimate of drug-likeness (QED) is 0.431. The normalized spacial score (nSPS) is 22.2. The number of hydrogen-bond donors (Lipinski definition) is 2. The average molecular weight is 566 g/mol. The minimum atomic E-state index is 0.461. The highest BCUT2D eigenvalue weighted by Gasteiger charge is 2.37. The standard InChI is InChI=1S/C33H41N8O/c34-32-30-31(25-6-12-29(13-7-25)42-28-4-2-1-3-5-28)38-41(33(30)37-23-36-32)27-10-8-26(9-11-27)40-20-18-39(19-21-40)22-24-14-16-35-17-15-24/h1-7,12-13,23-24,26,35H,8-11,14-22H2,(H2,34,36,37)/q+1. The van der Waals surface area contributed by atoms with Gasteiger partial charge in [0.25, 0.3) is 0 Å². The monoisotopic (exact) mass is 565 g/mol. The molecule has 3 fully saturated rings. The summed E-state index contributed by atoms with van der Waals surface area (Å²) in [5.41, 5.74) is 10.3. The topological polar surface area (TPSA) is 94.9 Å². The first-order valence-corrected chi connectivity index (χ1v) is 15.6. The molecule has 0 unspecified atom stereocenters. The van der Waals surface area contributed by atoms with Gasteiger partial charge < -0.3 is 20.7 Å². The van der Waals surface area contributed by atoms with E-state index in [1.54, 1.807) is 6.33 Å². The number of benzene rings is 2. The van der Waals surface area contributed by atoms with Crippen LogP contribution in [0, 0.1) is 5.92 Å². The molecule has 218 valence electrons. The second-order valence-corrected chi connectivity index (χ2v) is 12.0. The van der Waals surface area contributed by atoms with Crippen LogP contribution < -0.4 is 15.8 Å². The van der Waals surface area contributed by atoms with Crippen molar-refractivity contribution < 1.29 is 9.42 Å². The van der Waals surface area contributed by atoms with E-state index in [9.17, 15) is 0 Å². The van der Waals surface area contributed by atoms with Gasteiger partial charge in [-0.25, -0.2) is 0 Å². The fraction of sp³-hybridized carbons (Fsp3) is 0.455.